The van der Waals surface area contributed by atoms with Crippen molar-refractivity contribution in [3.05, 3.63) is 23.9 Å². The number of pyridine rings is 1. The van der Waals surface area contributed by atoms with E-state index in [2.05, 4.69) is 15.6 Å². The third-order valence-electron chi connectivity index (χ3n) is 1.75. The number of ether oxygens (including phenoxy) is 1. The molecule has 0 saturated heterocycles. The molecule has 0 fully saturated rings. The van der Waals surface area contributed by atoms with Crippen LogP contribution in [0.2, 0.25) is 0 Å². The summed E-state index contributed by atoms with van der Waals surface area (Å²) in [6, 6.07) is 3.40. The second-order valence-corrected chi connectivity index (χ2v) is 3.09. The second-order valence-electron chi connectivity index (χ2n) is 3.09. The van der Waals surface area contributed by atoms with E-state index in [0.717, 1.165) is 5.56 Å². The Kier molecular flexibility index (Phi) is 4.56. The second kappa shape index (κ2) is 5.98. The molecule has 0 aliphatic heterocycles. The maximum Gasteiger partial charge on any atom is 0.320 e. The first-order valence-electron chi connectivity index (χ1n) is 4.69. The first-order valence-corrected chi connectivity index (χ1v) is 4.69. The lowest BCUT2D eigenvalue weighted by Gasteiger charge is -2.06. The number of nitrogens with zero attached hydrogens (tertiary/aromatic N) is 1. The molecule has 0 aliphatic rings. The third-order valence-corrected chi connectivity index (χ3v) is 1.75. The Morgan fingerprint density at radius 3 is 3.07 bits per heavy atom. The summed E-state index contributed by atoms with van der Waals surface area (Å²) in [7, 11) is 1.59. The van der Waals surface area contributed by atoms with E-state index < -0.39 is 0 Å². The highest BCUT2D eigenvalue weighted by molar-refractivity contribution is 5.88. The van der Waals surface area contributed by atoms with Gasteiger partial charge in [0.1, 0.15) is 5.82 Å². The van der Waals surface area contributed by atoms with Gasteiger partial charge in [0.2, 0.25) is 0 Å². The summed E-state index contributed by atoms with van der Waals surface area (Å²) in [5.74, 6) is 0.546. The van der Waals surface area contributed by atoms with Gasteiger partial charge in [0.25, 0.3) is 0 Å². The fraction of sp³-hybridized carbons (Fsp3) is 0.400. The first kappa shape index (κ1) is 11.5. The van der Waals surface area contributed by atoms with E-state index in [1.807, 2.05) is 13.0 Å². The van der Waals surface area contributed by atoms with E-state index in [1.54, 1.807) is 19.4 Å². The minimum atomic E-state index is -0.273. The highest BCUT2D eigenvalue weighted by atomic mass is 16.5. The van der Waals surface area contributed by atoms with Gasteiger partial charge >= 0.3 is 6.03 Å². The van der Waals surface area contributed by atoms with Gasteiger partial charge < -0.3 is 10.1 Å². The molecule has 0 spiro atoms. The molecule has 0 atom stereocenters. The molecule has 2 amide bonds. The predicted octanol–water partition coefficient (Wildman–Crippen LogP) is 1.16. The number of methoxy groups -OCH3 is 1. The van der Waals surface area contributed by atoms with Crippen LogP contribution in [0.5, 0.6) is 0 Å². The summed E-state index contributed by atoms with van der Waals surface area (Å²) in [6.07, 6.45) is 1.65. The van der Waals surface area contributed by atoms with E-state index in [1.165, 1.54) is 0 Å². The van der Waals surface area contributed by atoms with Gasteiger partial charge in [0.05, 0.1) is 6.61 Å². The number of hydrogen-bond acceptors (Lipinski definition) is 3. The topological polar surface area (TPSA) is 63.2 Å². The number of anilines is 1. The van der Waals surface area contributed by atoms with Crippen LogP contribution in [0.15, 0.2) is 18.3 Å². The Morgan fingerprint density at radius 2 is 2.40 bits per heavy atom. The maximum atomic E-state index is 11.3. The van der Waals surface area contributed by atoms with Crippen molar-refractivity contribution in [1.82, 2.24) is 10.3 Å². The zero-order chi connectivity index (χ0) is 11.1. The molecule has 82 valence electrons. The number of urea groups is 1. The molecule has 5 nitrogen and oxygen atoms in total. The Balaban J connectivity index is 2.37. The van der Waals surface area contributed by atoms with Crippen LogP contribution >= 0.6 is 0 Å². The molecule has 0 bridgehead atoms. The summed E-state index contributed by atoms with van der Waals surface area (Å²) >= 11 is 0. The predicted molar refractivity (Wildman–Crippen MR) is 57.9 cm³/mol. The standard InChI is InChI=1S/C10H15N3O2/c1-8-3-4-11-9(7-8)13-10(14)12-5-6-15-2/h3-4,7H,5-6H2,1-2H3,(H2,11,12,13,14). The van der Waals surface area contributed by atoms with Crippen molar-refractivity contribution >= 4 is 11.8 Å². The molecule has 1 rings (SSSR count). The summed E-state index contributed by atoms with van der Waals surface area (Å²) in [5.41, 5.74) is 1.05. The number of amides is 2. The minimum Gasteiger partial charge on any atom is -0.383 e. The smallest absolute Gasteiger partial charge is 0.320 e. The quantitative estimate of drug-likeness (QED) is 0.731. The molecule has 1 aromatic heterocycles. The van der Waals surface area contributed by atoms with Crippen LogP contribution in [-0.4, -0.2) is 31.3 Å². The molecule has 0 aliphatic carbocycles. The van der Waals surface area contributed by atoms with Crippen LogP contribution < -0.4 is 10.6 Å². The minimum absolute atomic E-state index is 0.273. The fourth-order valence-corrected chi connectivity index (χ4v) is 1.03. The van der Waals surface area contributed by atoms with E-state index >= 15 is 0 Å². The van der Waals surface area contributed by atoms with Gasteiger partial charge in [0.15, 0.2) is 0 Å². The number of aromatic nitrogens is 1. The molecular weight excluding hydrogens is 194 g/mol. The van der Waals surface area contributed by atoms with E-state index in [9.17, 15) is 4.79 Å². The van der Waals surface area contributed by atoms with Gasteiger partial charge in [-0.15, -0.1) is 0 Å². The van der Waals surface area contributed by atoms with Crippen molar-refractivity contribution in [3.63, 3.8) is 0 Å². The van der Waals surface area contributed by atoms with Gasteiger partial charge in [-0.1, -0.05) is 0 Å². The third kappa shape index (κ3) is 4.42. The van der Waals surface area contributed by atoms with Gasteiger partial charge in [-0.2, -0.15) is 0 Å². The Morgan fingerprint density at radius 1 is 1.60 bits per heavy atom. The SMILES string of the molecule is COCCNC(=O)Nc1cc(C)ccn1. The Hall–Kier alpha value is -1.62. The van der Waals surface area contributed by atoms with Crippen LogP contribution in [-0.2, 0) is 4.74 Å². The number of hydrogen-bond donors (Lipinski definition) is 2. The molecule has 0 radical (unpaired) electrons. The van der Waals surface area contributed by atoms with Gasteiger partial charge in [-0.3, -0.25) is 5.32 Å². The number of aryl methyl sites for hydroxylation is 1. The highest BCUT2D eigenvalue weighted by Gasteiger charge is 2.00. The van der Waals surface area contributed by atoms with E-state index in [0.29, 0.717) is 19.0 Å². The van der Waals surface area contributed by atoms with Gasteiger partial charge in [-0.25, -0.2) is 9.78 Å². The number of rotatable bonds is 4. The van der Waals surface area contributed by atoms with Gasteiger partial charge in [0, 0.05) is 19.9 Å². The van der Waals surface area contributed by atoms with Crippen molar-refractivity contribution < 1.29 is 9.53 Å². The zero-order valence-electron chi connectivity index (χ0n) is 8.91. The molecular formula is C10H15N3O2. The maximum absolute atomic E-state index is 11.3. The molecule has 0 unspecified atom stereocenters. The van der Waals surface area contributed by atoms with Crippen molar-refractivity contribution in [2.24, 2.45) is 0 Å². The Bertz CT molecular complexity index is 328. The van der Waals surface area contributed by atoms with Crippen LogP contribution in [0.4, 0.5) is 10.6 Å². The fourth-order valence-electron chi connectivity index (χ4n) is 1.03. The lowest BCUT2D eigenvalue weighted by molar-refractivity contribution is 0.198. The van der Waals surface area contributed by atoms with Crippen LogP contribution in [0, 0.1) is 6.92 Å². The van der Waals surface area contributed by atoms with E-state index in [4.69, 9.17) is 4.74 Å². The molecule has 15 heavy (non-hydrogen) atoms. The summed E-state index contributed by atoms with van der Waals surface area (Å²) < 4.78 is 4.80. The van der Waals surface area contributed by atoms with Crippen LogP contribution in [0.1, 0.15) is 5.56 Å². The van der Waals surface area contributed by atoms with Crippen LogP contribution in [0.3, 0.4) is 0 Å². The summed E-state index contributed by atoms with van der Waals surface area (Å²) in [5, 5.41) is 5.26. The molecule has 1 aromatic rings. The van der Waals surface area contributed by atoms with Crippen molar-refractivity contribution in [3.8, 4) is 0 Å². The lowest BCUT2D eigenvalue weighted by Crippen LogP contribution is -2.31. The monoisotopic (exact) mass is 209 g/mol. The molecule has 2 N–H and O–H groups in total. The number of nitrogens with one attached hydrogen (secondary N) is 2. The normalized spacial score (nSPS) is 9.73. The van der Waals surface area contributed by atoms with Gasteiger partial charge in [-0.05, 0) is 24.6 Å². The first-order chi connectivity index (χ1) is 7.22. The highest BCUT2D eigenvalue weighted by Crippen LogP contribution is 2.04. The molecule has 0 saturated carbocycles. The number of carbonyl (C=O) groups excluding carboxylic acids is 1. The largest absolute Gasteiger partial charge is 0.383 e. The number of carbonyl (C=O) groups is 1. The van der Waals surface area contributed by atoms with E-state index in [-0.39, 0.29) is 6.03 Å². The molecule has 0 aromatic carbocycles. The van der Waals surface area contributed by atoms with Crippen molar-refractivity contribution in [1.29, 1.82) is 0 Å². The lowest BCUT2D eigenvalue weighted by atomic mass is 10.3. The molecule has 5 heteroatoms. The Labute approximate surface area is 88.9 Å². The van der Waals surface area contributed by atoms with Crippen LogP contribution in [0.25, 0.3) is 0 Å². The summed E-state index contributed by atoms with van der Waals surface area (Å²) in [4.78, 5) is 15.3. The average Bonchev–Trinajstić information content (AvgIpc) is 2.18. The average molecular weight is 209 g/mol. The van der Waals surface area contributed by atoms with Crippen molar-refractivity contribution in [2.75, 3.05) is 25.6 Å². The molecule has 1 heterocycles. The summed E-state index contributed by atoms with van der Waals surface area (Å²) in [6.45, 7) is 2.92. The van der Waals surface area contributed by atoms with Crippen molar-refractivity contribution in [2.45, 2.75) is 6.92 Å². The zero-order valence-corrected chi connectivity index (χ0v) is 8.91.